The predicted molar refractivity (Wildman–Crippen MR) is 79.1 cm³/mol. The fraction of sp³-hybridized carbons (Fsp3) is 0.500. The van der Waals surface area contributed by atoms with Gasteiger partial charge in [0.25, 0.3) is 5.91 Å². The lowest BCUT2D eigenvalue weighted by molar-refractivity contribution is 0.0930. The van der Waals surface area contributed by atoms with Gasteiger partial charge in [-0.15, -0.1) is 0 Å². The van der Waals surface area contributed by atoms with Crippen LogP contribution >= 0.6 is 0 Å². The number of aromatic nitrogens is 1. The minimum Gasteiger partial charge on any atom is -0.348 e. The van der Waals surface area contributed by atoms with Crippen molar-refractivity contribution in [3.63, 3.8) is 0 Å². The summed E-state index contributed by atoms with van der Waals surface area (Å²) >= 11 is 0. The van der Waals surface area contributed by atoms with Crippen LogP contribution in [0.25, 0.3) is 0 Å². The van der Waals surface area contributed by atoms with Crippen LogP contribution in [0.1, 0.15) is 49.2 Å². The van der Waals surface area contributed by atoms with E-state index in [9.17, 15) is 4.79 Å². The molecule has 0 saturated heterocycles. The number of nitrogens with zero attached hydrogens (tertiary/aromatic N) is 1. The van der Waals surface area contributed by atoms with Crippen molar-refractivity contribution < 1.29 is 4.79 Å². The molecule has 1 aromatic rings. The first-order chi connectivity index (χ1) is 9.52. The van der Waals surface area contributed by atoms with Gasteiger partial charge in [0, 0.05) is 12.2 Å². The molecule has 1 aliphatic carbocycles. The second kappa shape index (κ2) is 6.06. The number of rotatable bonds is 2. The van der Waals surface area contributed by atoms with Crippen LogP contribution in [-0.2, 0) is 0 Å². The Labute approximate surface area is 120 Å². The molecule has 1 saturated carbocycles. The molecule has 3 N–H and O–H groups in total. The van der Waals surface area contributed by atoms with Crippen LogP contribution in [0.4, 0.5) is 0 Å². The Morgan fingerprint density at radius 3 is 3.05 bits per heavy atom. The molecule has 4 heteroatoms. The largest absolute Gasteiger partial charge is 0.348 e. The number of carbonyl (C=O) groups excluding carboxylic acids is 1. The number of pyridine rings is 1. The van der Waals surface area contributed by atoms with Gasteiger partial charge < -0.3 is 11.1 Å². The van der Waals surface area contributed by atoms with Crippen molar-refractivity contribution in [2.75, 3.05) is 6.54 Å². The monoisotopic (exact) mass is 271 g/mol. The Kier molecular flexibility index (Phi) is 4.41. The van der Waals surface area contributed by atoms with Gasteiger partial charge >= 0.3 is 0 Å². The molecule has 4 nitrogen and oxygen atoms in total. The van der Waals surface area contributed by atoms with E-state index in [4.69, 9.17) is 5.73 Å². The standard InChI is InChI=1S/C16H21N3O/c1-16(2)8-7-13(11-16)19-15(20)14-12(5-3-9-17)6-4-10-18-14/h4,6,10,13H,7-9,11,17H2,1-2H3,(H,19,20). The topological polar surface area (TPSA) is 68.0 Å². The van der Waals surface area contributed by atoms with Crippen molar-refractivity contribution in [3.05, 3.63) is 29.6 Å². The third-order valence-electron chi connectivity index (χ3n) is 3.65. The van der Waals surface area contributed by atoms with E-state index >= 15 is 0 Å². The Morgan fingerprint density at radius 1 is 1.60 bits per heavy atom. The van der Waals surface area contributed by atoms with Crippen molar-refractivity contribution in [2.45, 2.75) is 39.2 Å². The van der Waals surface area contributed by atoms with Crippen LogP contribution in [0, 0.1) is 17.3 Å². The number of nitrogens with two attached hydrogens (primary N) is 1. The molecule has 1 unspecified atom stereocenters. The van der Waals surface area contributed by atoms with Crippen molar-refractivity contribution >= 4 is 5.91 Å². The van der Waals surface area contributed by atoms with E-state index in [0.29, 0.717) is 16.7 Å². The van der Waals surface area contributed by atoms with Gasteiger partial charge in [0.1, 0.15) is 5.69 Å². The van der Waals surface area contributed by atoms with E-state index in [2.05, 4.69) is 36.0 Å². The van der Waals surface area contributed by atoms with Crippen LogP contribution in [0.15, 0.2) is 18.3 Å². The van der Waals surface area contributed by atoms with Gasteiger partial charge in [-0.25, -0.2) is 4.98 Å². The first-order valence-electron chi connectivity index (χ1n) is 6.97. The summed E-state index contributed by atoms with van der Waals surface area (Å²) in [5.41, 5.74) is 6.70. The Bertz CT molecular complexity index is 554. The molecule has 20 heavy (non-hydrogen) atoms. The zero-order chi connectivity index (χ0) is 14.6. The van der Waals surface area contributed by atoms with Crippen molar-refractivity contribution in [3.8, 4) is 11.8 Å². The minimum absolute atomic E-state index is 0.144. The highest BCUT2D eigenvalue weighted by Gasteiger charge is 2.32. The van der Waals surface area contributed by atoms with Crippen molar-refractivity contribution in [2.24, 2.45) is 11.1 Å². The Balaban J connectivity index is 2.10. The third kappa shape index (κ3) is 3.58. The smallest absolute Gasteiger partial charge is 0.271 e. The lowest BCUT2D eigenvalue weighted by atomic mass is 9.92. The zero-order valence-electron chi connectivity index (χ0n) is 12.1. The Morgan fingerprint density at radius 2 is 2.40 bits per heavy atom. The molecule has 1 heterocycles. The molecular weight excluding hydrogens is 250 g/mol. The van der Waals surface area contributed by atoms with Gasteiger partial charge in [0.2, 0.25) is 0 Å². The van der Waals surface area contributed by atoms with E-state index in [-0.39, 0.29) is 18.5 Å². The molecule has 1 fully saturated rings. The van der Waals surface area contributed by atoms with Crippen LogP contribution in [0.5, 0.6) is 0 Å². The highest BCUT2D eigenvalue weighted by Crippen LogP contribution is 2.36. The Hall–Kier alpha value is -1.86. The van der Waals surface area contributed by atoms with E-state index in [1.807, 2.05) is 0 Å². The first kappa shape index (κ1) is 14.5. The summed E-state index contributed by atoms with van der Waals surface area (Å²) in [6, 6.07) is 3.80. The normalized spacial score (nSPS) is 20.1. The lowest BCUT2D eigenvalue weighted by Gasteiger charge is -2.17. The number of carbonyl (C=O) groups is 1. The van der Waals surface area contributed by atoms with Gasteiger partial charge in [-0.05, 0) is 36.8 Å². The maximum atomic E-state index is 12.3. The van der Waals surface area contributed by atoms with Crippen LogP contribution in [0.3, 0.4) is 0 Å². The predicted octanol–water partition coefficient (Wildman–Crippen LogP) is 1.70. The molecular formula is C16H21N3O. The van der Waals surface area contributed by atoms with Crippen LogP contribution in [-0.4, -0.2) is 23.5 Å². The molecule has 1 aliphatic rings. The quantitative estimate of drug-likeness (QED) is 0.804. The molecule has 0 aromatic carbocycles. The molecule has 0 radical (unpaired) electrons. The second-order valence-electron chi connectivity index (χ2n) is 5.98. The summed E-state index contributed by atoms with van der Waals surface area (Å²) in [7, 11) is 0. The summed E-state index contributed by atoms with van der Waals surface area (Å²) in [4.78, 5) is 16.5. The summed E-state index contributed by atoms with van der Waals surface area (Å²) in [6.07, 6.45) is 4.78. The average molecular weight is 271 g/mol. The van der Waals surface area contributed by atoms with Crippen LogP contribution in [0.2, 0.25) is 0 Å². The summed E-state index contributed by atoms with van der Waals surface area (Å²) in [6.45, 7) is 4.74. The highest BCUT2D eigenvalue weighted by atomic mass is 16.1. The fourth-order valence-corrected chi connectivity index (χ4v) is 2.65. The molecule has 1 atom stereocenters. The SMILES string of the molecule is CC1(C)CCC(NC(=O)c2ncccc2C#CCN)C1. The molecule has 0 spiro atoms. The highest BCUT2D eigenvalue weighted by molar-refractivity contribution is 5.94. The van der Waals surface area contributed by atoms with E-state index < -0.39 is 0 Å². The number of hydrogen-bond acceptors (Lipinski definition) is 3. The maximum Gasteiger partial charge on any atom is 0.271 e. The van der Waals surface area contributed by atoms with Gasteiger partial charge in [0.15, 0.2) is 0 Å². The summed E-state index contributed by atoms with van der Waals surface area (Å²) in [5.74, 6) is 5.52. The average Bonchev–Trinajstić information content (AvgIpc) is 2.76. The fourth-order valence-electron chi connectivity index (χ4n) is 2.65. The molecule has 106 valence electrons. The molecule has 0 bridgehead atoms. The summed E-state index contributed by atoms with van der Waals surface area (Å²) in [5, 5.41) is 3.07. The van der Waals surface area contributed by atoms with Gasteiger partial charge in [-0.2, -0.15) is 0 Å². The zero-order valence-corrected chi connectivity index (χ0v) is 12.1. The lowest BCUT2D eigenvalue weighted by Crippen LogP contribution is -2.34. The van der Waals surface area contributed by atoms with E-state index in [1.165, 1.54) is 0 Å². The second-order valence-corrected chi connectivity index (χ2v) is 5.98. The number of amides is 1. The van der Waals surface area contributed by atoms with Gasteiger partial charge in [-0.3, -0.25) is 4.79 Å². The van der Waals surface area contributed by atoms with Crippen molar-refractivity contribution in [1.82, 2.24) is 10.3 Å². The molecule has 1 aromatic heterocycles. The van der Waals surface area contributed by atoms with Crippen molar-refractivity contribution in [1.29, 1.82) is 0 Å². The summed E-state index contributed by atoms with van der Waals surface area (Å²) < 4.78 is 0. The molecule has 1 amide bonds. The third-order valence-corrected chi connectivity index (χ3v) is 3.65. The molecule has 0 aliphatic heterocycles. The van der Waals surface area contributed by atoms with Gasteiger partial charge in [0.05, 0.1) is 12.1 Å². The first-order valence-corrected chi connectivity index (χ1v) is 6.97. The van der Waals surface area contributed by atoms with Crippen LogP contribution < -0.4 is 11.1 Å². The minimum atomic E-state index is -0.144. The maximum absolute atomic E-state index is 12.3. The number of hydrogen-bond donors (Lipinski definition) is 2. The van der Waals surface area contributed by atoms with E-state index in [0.717, 1.165) is 19.3 Å². The van der Waals surface area contributed by atoms with E-state index in [1.54, 1.807) is 18.3 Å². The number of nitrogens with one attached hydrogen (secondary N) is 1. The van der Waals surface area contributed by atoms with Gasteiger partial charge in [-0.1, -0.05) is 25.7 Å². The molecule has 2 rings (SSSR count).